The molecule has 0 radical (unpaired) electrons. The lowest BCUT2D eigenvalue weighted by atomic mass is 10.2. The molecule has 52 valence electrons. The molecule has 0 aliphatic rings. The molecule has 0 rings (SSSR count). The molecule has 0 fully saturated rings. The molecule has 0 aliphatic heterocycles. The van der Waals surface area contributed by atoms with E-state index in [0.29, 0.717) is 12.1 Å². The van der Waals surface area contributed by atoms with Crippen LogP contribution in [0.3, 0.4) is 0 Å². The van der Waals surface area contributed by atoms with Crippen molar-refractivity contribution in [2.24, 2.45) is 5.16 Å². The lowest BCUT2D eigenvalue weighted by Crippen LogP contribution is -2.05. The first-order chi connectivity index (χ1) is 4.20. The lowest BCUT2D eigenvalue weighted by Gasteiger charge is -1.92. The van der Waals surface area contributed by atoms with Crippen molar-refractivity contribution in [2.45, 2.75) is 19.8 Å². The summed E-state index contributed by atoms with van der Waals surface area (Å²) in [5.74, 6) is -0.968. The van der Waals surface area contributed by atoms with Crippen LogP contribution < -0.4 is 0 Å². The van der Waals surface area contributed by atoms with E-state index >= 15 is 0 Å². The summed E-state index contributed by atoms with van der Waals surface area (Å²) in [6.45, 7) is 1.73. The zero-order chi connectivity index (χ0) is 7.28. The molecule has 0 unspecified atom stereocenters. The minimum Gasteiger partial charge on any atom is -0.481 e. The number of oxime groups is 1. The van der Waals surface area contributed by atoms with Crippen LogP contribution in [-0.2, 0) is 4.79 Å². The Morgan fingerprint density at radius 2 is 2.22 bits per heavy atom. The highest BCUT2D eigenvalue weighted by molar-refractivity contribution is 5.97. The van der Waals surface area contributed by atoms with Crippen molar-refractivity contribution in [3.8, 4) is 0 Å². The molecular formula is C5H9NO3. The second kappa shape index (κ2) is 3.88. The summed E-state index contributed by atoms with van der Waals surface area (Å²) in [5.41, 5.74) is 0.294. The number of carboxylic acids is 1. The Morgan fingerprint density at radius 1 is 1.67 bits per heavy atom. The first-order valence-corrected chi connectivity index (χ1v) is 2.62. The fourth-order valence-electron chi connectivity index (χ4n) is 0.406. The summed E-state index contributed by atoms with van der Waals surface area (Å²) in [7, 11) is 0. The van der Waals surface area contributed by atoms with E-state index in [1.807, 2.05) is 0 Å². The van der Waals surface area contributed by atoms with E-state index in [1.165, 1.54) is 0 Å². The van der Waals surface area contributed by atoms with Gasteiger partial charge >= 0.3 is 5.97 Å². The number of carbonyl (C=O) groups is 1. The van der Waals surface area contributed by atoms with Gasteiger partial charge in [-0.25, -0.2) is 0 Å². The topological polar surface area (TPSA) is 69.9 Å². The summed E-state index contributed by atoms with van der Waals surface area (Å²) in [5, 5.41) is 19.0. The highest BCUT2D eigenvalue weighted by Gasteiger charge is 2.02. The molecule has 0 heterocycles. The predicted octanol–water partition coefficient (Wildman–Crippen LogP) is 0.701. The first-order valence-electron chi connectivity index (χ1n) is 2.62. The fourth-order valence-corrected chi connectivity index (χ4v) is 0.406. The average Bonchev–Trinajstić information content (AvgIpc) is 1.82. The molecule has 0 aromatic carbocycles. The quantitative estimate of drug-likeness (QED) is 0.336. The van der Waals surface area contributed by atoms with Crippen LogP contribution in [0.15, 0.2) is 5.16 Å². The minimum atomic E-state index is -0.968. The van der Waals surface area contributed by atoms with E-state index in [9.17, 15) is 4.79 Å². The normalized spacial score (nSPS) is 11.4. The SMILES string of the molecule is CC/C(CC(=O)O)=N\O. The van der Waals surface area contributed by atoms with E-state index in [0.717, 1.165) is 0 Å². The van der Waals surface area contributed by atoms with Crippen molar-refractivity contribution in [1.29, 1.82) is 0 Å². The summed E-state index contributed by atoms with van der Waals surface area (Å²) in [4.78, 5) is 9.94. The molecule has 4 nitrogen and oxygen atoms in total. The molecule has 0 aliphatic carbocycles. The highest BCUT2D eigenvalue weighted by atomic mass is 16.4. The van der Waals surface area contributed by atoms with Crippen LogP contribution in [0.25, 0.3) is 0 Å². The van der Waals surface area contributed by atoms with Gasteiger partial charge in [0.2, 0.25) is 0 Å². The monoisotopic (exact) mass is 131 g/mol. The number of carboxylic acid groups (broad SMARTS) is 1. The number of hydrogen-bond acceptors (Lipinski definition) is 3. The van der Waals surface area contributed by atoms with Crippen LogP contribution in [0.1, 0.15) is 19.8 Å². The molecule has 0 atom stereocenters. The van der Waals surface area contributed by atoms with Crippen molar-refractivity contribution in [3.63, 3.8) is 0 Å². The van der Waals surface area contributed by atoms with Gasteiger partial charge in [0.25, 0.3) is 0 Å². The van der Waals surface area contributed by atoms with Gasteiger partial charge in [0, 0.05) is 0 Å². The molecule has 0 saturated carbocycles. The molecule has 4 heteroatoms. The van der Waals surface area contributed by atoms with E-state index in [2.05, 4.69) is 5.16 Å². The van der Waals surface area contributed by atoms with Crippen molar-refractivity contribution < 1.29 is 15.1 Å². The fraction of sp³-hybridized carbons (Fsp3) is 0.600. The molecule has 0 bridgehead atoms. The smallest absolute Gasteiger partial charge is 0.309 e. The van der Waals surface area contributed by atoms with Crippen LogP contribution in [0.2, 0.25) is 0 Å². The Hall–Kier alpha value is -1.06. The Morgan fingerprint density at radius 3 is 2.33 bits per heavy atom. The molecule has 0 saturated heterocycles. The van der Waals surface area contributed by atoms with Crippen LogP contribution in [0.5, 0.6) is 0 Å². The second-order valence-corrected chi connectivity index (χ2v) is 1.59. The number of nitrogens with zero attached hydrogens (tertiary/aromatic N) is 1. The van der Waals surface area contributed by atoms with E-state index in [4.69, 9.17) is 10.3 Å². The summed E-state index contributed by atoms with van der Waals surface area (Å²) in [6.07, 6.45) is 0.301. The molecule has 2 N–H and O–H groups in total. The van der Waals surface area contributed by atoms with Gasteiger partial charge in [-0.1, -0.05) is 12.1 Å². The Kier molecular flexibility index (Phi) is 3.43. The molecule has 0 amide bonds. The lowest BCUT2D eigenvalue weighted by molar-refractivity contribution is -0.135. The van der Waals surface area contributed by atoms with Gasteiger partial charge in [-0.15, -0.1) is 0 Å². The van der Waals surface area contributed by atoms with Crippen LogP contribution in [0, 0.1) is 0 Å². The molecule has 0 aromatic heterocycles. The van der Waals surface area contributed by atoms with Gasteiger partial charge in [0.05, 0.1) is 12.1 Å². The zero-order valence-electron chi connectivity index (χ0n) is 5.16. The third-order valence-corrected chi connectivity index (χ3v) is 0.905. The maximum absolute atomic E-state index is 9.94. The first kappa shape index (κ1) is 7.94. The van der Waals surface area contributed by atoms with Gasteiger partial charge in [-0.2, -0.15) is 0 Å². The van der Waals surface area contributed by atoms with Gasteiger partial charge < -0.3 is 10.3 Å². The van der Waals surface area contributed by atoms with E-state index < -0.39 is 5.97 Å². The molecule has 9 heavy (non-hydrogen) atoms. The van der Waals surface area contributed by atoms with Gasteiger partial charge in [-0.05, 0) is 6.42 Å². The third-order valence-electron chi connectivity index (χ3n) is 0.905. The predicted molar refractivity (Wildman–Crippen MR) is 31.8 cm³/mol. The number of aliphatic carboxylic acids is 1. The Bertz CT molecular complexity index is 130. The van der Waals surface area contributed by atoms with Gasteiger partial charge in [0.1, 0.15) is 0 Å². The Labute approximate surface area is 52.8 Å². The maximum atomic E-state index is 9.94. The van der Waals surface area contributed by atoms with E-state index in [-0.39, 0.29) is 6.42 Å². The van der Waals surface area contributed by atoms with Crippen LogP contribution >= 0.6 is 0 Å². The van der Waals surface area contributed by atoms with Crippen molar-refractivity contribution >= 4 is 11.7 Å². The maximum Gasteiger partial charge on any atom is 0.309 e. The summed E-state index contributed by atoms with van der Waals surface area (Å²) in [6, 6.07) is 0. The van der Waals surface area contributed by atoms with Crippen LogP contribution in [0.4, 0.5) is 0 Å². The van der Waals surface area contributed by atoms with Gasteiger partial charge in [0.15, 0.2) is 0 Å². The van der Waals surface area contributed by atoms with Crippen LogP contribution in [-0.4, -0.2) is 22.0 Å². The average molecular weight is 131 g/mol. The zero-order valence-corrected chi connectivity index (χ0v) is 5.16. The molecule has 0 aromatic rings. The standard InChI is InChI=1S/C5H9NO3/c1-2-4(6-9)3-5(7)8/h9H,2-3H2,1H3,(H,7,8)/b6-4+. The molecule has 0 spiro atoms. The third kappa shape index (κ3) is 3.52. The molecular weight excluding hydrogens is 122 g/mol. The summed E-state index contributed by atoms with van der Waals surface area (Å²) >= 11 is 0. The highest BCUT2D eigenvalue weighted by Crippen LogP contribution is 1.90. The number of rotatable bonds is 3. The number of hydrogen-bond donors (Lipinski definition) is 2. The largest absolute Gasteiger partial charge is 0.481 e. The van der Waals surface area contributed by atoms with Crippen molar-refractivity contribution in [2.75, 3.05) is 0 Å². The van der Waals surface area contributed by atoms with Crippen molar-refractivity contribution in [3.05, 3.63) is 0 Å². The Balaban J connectivity index is 3.71. The van der Waals surface area contributed by atoms with Gasteiger partial charge in [-0.3, -0.25) is 4.79 Å². The van der Waals surface area contributed by atoms with E-state index in [1.54, 1.807) is 6.92 Å². The van der Waals surface area contributed by atoms with Crippen molar-refractivity contribution in [1.82, 2.24) is 0 Å². The second-order valence-electron chi connectivity index (χ2n) is 1.59. The summed E-state index contributed by atoms with van der Waals surface area (Å²) < 4.78 is 0. The minimum absolute atomic E-state index is 0.174.